The molecule has 0 spiro atoms. The lowest BCUT2D eigenvalue weighted by atomic mass is 10.1. The van der Waals surface area contributed by atoms with Gasteiger partial charge in [0.05, 0.1) is 13.7 Å². The van der Waals surface area contributed by atoms with Gasteiger partial charge < -0.3 is 15.4 Å². The zero-order valence-electron chi connectivity index (χ0n) is 15.1. The molecule has 7 heteroatoms. The van der Waals surface area contributed by atoms with E-state index in [2.05, 4.69) is 15.6 Å². The molecule has 2 N–H and O–H groups in total. The summed E-state index contributed by atoms with van der Waals surface area (Å²) in [5.41, 5.74) is 2.33. The number of rotatable bonds is 6. The van der Waals surface area contributed by atoms with Crippen LogP contribution in [0.1, 0.15) is 23.6 Å². The summed E-state index contributed by atoms with van der Waals surface area (Å²) in [5.74, 6) is 0.461. The third kappa shape index (κ3) is 6.44. The highest BCUT2D eigenvalue weighted by Crippen LogP contribution is 2.18. The number of hydrogen-bond acceptors (Lipinski definition) is 2. The van der Waals surface area contributed by atoms with E-state index in [1.807, 2.05) is 32.0 Å². The summed E-state index contributed by atoms with van der Waals surface area (Å²) >= 11 is 0. The van der Waals surface area contributed by atoms with Crippen molar-refractivity contribution < 1.29 is 13.5 Å². The van der Waals surface area contributed by atoms with Crippen molar-refractivity contribution in [1.82, 2.24) is 10.6 Å². The van der Waals surface area contributed by atoms with Crippen LogP contribution >= 0.6 is 24.0 Å². The second-order valence-electron chi connectivity index (χ2n) is 5.59. The zero-order valence-corrected chi connectivity index (χ0v) is 17.4. The fourth-order valence-electron chi connectivity index (χ4n) is 2.41. The minimum absolute atomic E-state index is 0. The lowest BCUT2D eigenvalue weighted by Gasteiger charge is -2.12. The molecule has 0 bridgehead atoms. The maximum absolute atomic E-state index is 13.7. The topological polar surface area (TPSA) is 45.7 Å². The first-order valence-corrected chi connectivity index (χ1v) is 8.13. The van der Waals surface area contributed by atoms with Gasteiger partial charge in [0.15, 0.2) is 5.96 Å². The minimum atomic E-state index is -0.464. The van der Waals surface area contributed by atoms with Crippen LogP contribution in [0, 0.1) is 18.6 Å². The zero-order chi connectivity index (χ0) is 18.2. The SMILES string of the molecule is CCNC(=NCc1ccc(OC)c(C)c1)NCc1cc(F)ccc1F.I. The molecule has 0 radical (unpaired) electrons. The number of halogens is 3. The third-order valence-electron chi connectivity index (χ3n) is 3.68. The van der Waals surface area contributed by atoms with E-state index >= 15 is 0 Å². The minimum Gasteiger partial charge on any atom is -0.496 e. The molecule has 0 fully saturated rings. The van der Waals surface area contributed by atoms with Crippen LogP contribution in [0.5, 0.6) is 5.75 Å². The van der Waals surface area contributed by atoms with Gasteiger partial charge in [-0.15, -0.1) is 24.0 Å². The van der Waals surface area contributed by atoms with Crippen molar-refractivity contribution >= 4 is 29.9 Å². The molecule has 0 aliphatic heterocycles. The van der Waals surface area contributed by atoms with E-state index in [4.69, 9.17) is 4.74 Å². The second kappa shape index (κ2) is 10.9. The number of guanidine groups is 1. The predicted octanol–water partition coefficient (Wildman–Crippen LogP) is 4.16. The smallest absolute Gasteiger partial charge is 0.191 e. The van der Waals surface area contributed by atoms with Crippen LogP contribution in [0.15, 0.2) is 41.4 Å². The summed E-state index contributed by atoms with van der Waals surface area (Å²) in [5, 5.41) is 6.11. The van der Waals surface area contributed by atoms with Gasteiger partial charge in [0.25, 0.3) is 0 Å². The molecule has 0 atom stereocenters. The Bertz CT molecular complexity index is 754. The summed E-state index contributed by atoms with van der Waals surface area (Å²) in [7, 11) is 1.64. The molecule has 2 aromatic carbocycles. The van der Waals surface area contributed by atoms with E-state index in [1.165, 1.54) is 6.07 Å². The van der Waals surface area contributed by atoms with Crippen LogP contribution in [0.25, 0.3) is 0 Å². The van der Waals surface area contributed by atoms with Crippen molar-refractivity contribution in [2.45, 2.75) is 26.9 Å². The maximum atomic E-state index is 13.7. The van der Waals surface area contributed by atoms with Crippen LogP contribution in [-0.2, 0) is 13.1 Å². The molecule has 2 rings (SSSR count). The molecule has 142 valence electrons. The molecule has 2 aromatic rings. The number of ether oxygens (including phenoxy) is 1. The Morgan fingerprint density at radius 3 is 2.54 bits per heavy atom. The fraction of sp³-hybridized carbons (Fsp3) is 0.316. The number of hydrogen-bond donors (Lipinski definition) is 2. The van der Waals surface area contributed by atoms with Crippen LogP contribution in [0.3, 0.4) is 0 Å². The van der Waals surface area contributed by atoms with Crippen molar-refractivity contribution in [3.63, 3.8) is 0 Å². The Kier molecular flexibility index (Phi) is 9.32. The quantitative estimate of drug-likeness (QED) is 0.375. The van der Waals surface area contributed by atoms with Crippen molar-refractivity contribution in [3.05, 3.63) is 64.7 Å². The highest BCUT2D eigenvalue weighted by molar-refractivity contribution is 14.0. The van der Waals surface area contributed by atoms with Crippen molar-refractivity contribution in [3.8, 4) is 5.75 Å². The lowest BCUT2D eigenvalue weighted by molar-refractivity contribution is 0.411. The Labute approximate surface area is 170 Å². The number of aliphatic imine (C=N–C) groups is 1. The van der Waals surface area contributed by atoms with E-state index in [-0.39, 0.29) is 36.1 Å². The van der Waals surface area contributed by atoms with Crippen molar-refractivity contribution in [2.75, 3.05) is 13.7 Å². The molecule has 0 unspecified atom stereocenters. The molecule has 0 heterocycles. The molecular weight excluding hydrogens is 451 g/mol. The summed E-state index contributed by atoms with van der Waals surface area (Å²) < 4.78 is 32.2. The highest BCUT2D eigenvalue weighted by Gasteiger charge is 2.06. The van der Waals surface area contributed by atoms with E-state index in [9.17, 15) is 8.78 Å². The van der Waals surface area contributed by atoms with Gasteiger partial charge in [-0.1, -0.05) is 12.1 Å². The van der Waals surface area contributed by atoms with E-state index in [0.717, 1.165) is 29.0 Å². The number of methoxy groups -OCH3 is 1. The van der Waals surface area contributed by atoms with Crippen molar-refractivity contribution in [2.24, 2.45) is 4.99 Å². The van der Waals surface area contributed by atoms with E-state index in [1.54, 1.807) is 7.11 Å². The first-order chi connectivity index (χ1) is 12.0. The molecule has 26 heavy (non-hydrogen) atoms. The molecule has 0 saturated heterocycles. The third-order valence-corrected chi connectivity index (χ3v) is 3.68. The van der Waals surface area contributed by atoms with E-state index in [0.29, 0.717) is 19.0 Å². The number of benzene rings is 2. The van der Waals surface area contributed by atoms with Crippen LogP contribution in [-0.4, -0.2) is 19.6 Å². The normalized spacial score (nSPS) is 10.9. The average Bonchev–Trinajstić information content (AvgIpc) is 2.60. The fourth-order valence-corrected chi connectivity index (χ4v) is 2.41. The molecular formula is C19H24F2IN3O. The van der Waals surface area contributed by atoms with Crippen LogP contribution in [0.4, 0.5) is 8.78 Å². The van der Waals surface area contributed by atoms with Crippen LogP contribution < -0.4 is 15.4 Å². The summed E-state index contributed by atoms with van der Waals surface area (Å²) in [4.78, 5) is 4.48. The van der Waals surface area contributed by atoms with Gasteiger partial charge in [-0.25, -0.2) is 13.8 Å². The second-order valence-corrected chi connectivity index (χ2v) is 5.59. The first kappa shape index (κ1) is 22.1. The van der Waals surface area contributed by atoms with Gasteiger partial charge in [-0.05, 0) is 49.2 Å². The molecule has 0 aliphatic rings. The Morgan fingerprint density at radius 2 is 1.88 bits per heavy atom. The van der Waals surface area contributed by atoms with Gasteiger partial charge in [0.1, 0.15) is 17.4 Å². The number of aryl methyl sites for hydroxylation is 1. The monoisotopic (exact) mass is 475 g/mol. The maximum Gasteiger partial charge on any atom is 0.191 e. The van der Waals surface area contributed by atoms with Crippen LogP contribution in [0.2, 0.25) is 0 Å². The molecule has 0 amide bonds. The Balaban J connectivity index is 0.00000338. The molecule has 0 aromatic heterocycles. The predicted molar refractivity (Wildman–Crippen MR) is 111 cm³/mol. The summed E-state index contributed by atoms with van der Waals surface area (Å²) in [6.07, 6.45) is 0. The molecule has 4 nitrogen and oxygen atoms in total. The van der Waals surface area contributed by atoms with Gasteiger partial charge in [0.2, 0.25) is 0 Å². The number of nitrogens with zero attached hydrogens (tertiary/aromatic N) is 1. The Hall–Kier alpha value is -1.90. The largest absolute Gasteiger partial charge is 0.496 e. The highest BCUT2D eigenvalue weighted by atomic mass is 127. The summed E-state index contributed by atoms with van der Waals surface area (Å²) in [6, 6.07) is 9.27. The van der Waals surface area contributed by atoms with Gasteiger partial charge in [-0.3, -0.25) is 0 Å². The van der Waals surface area contributed by atoms with Gasteiger partial charge >= 0.3 is 0 Å². The number of nitrogens with one attached hydrogen (secondary N) is 2. The molecule has 0 saturated carbocycles. The lowest BCUT2D eigenvalue weighted by Crippen LogP contribution is -2.37. The van der Waals surface area contributed by atoms with Gasteiger partial charge in [0, 0.05) is 18.7 Å². The van der Waals surface area contributed by atoms with Crippen molar-refractivity contribution in [1.29, 1.82) is 0 Å². The summed E-state index contributed by atoms with van der Waals surface area (Å²) in [6.45, 7) is 5.20. The van der Waals surface area contributed by atoms with Gasteiger partial charge in [-0.2, -0.15) is 0 Å². The standard InChI is InChI=1S/C19H23F2N3O.HI/c1-4-22-19(24-12-15-10-16(20)6-7-17(15)21)23-11-14-5-8-18(25-3)13(2)9-14;/h5-10H,4,11-12H2,1-3H3,(H2,22,23,24);1H. The first-order valence-electron chi connectivity index (χ1n) is 8.13. The Morgan fingerprint density at radius 1 is 1.12 bits per heavy atom. The van der Waals surface area contributed by atoms with E-state index < -0.39 is 11.6 Å². The average molecular weight is 475 g/mol. The molecule has 0 aliphatic carbocycles.